The van der Waals surface area contributed by atoms with Gasteiger partial charge in [-0.3, -0.25) is 9.20 Å². The zero-order chi connectivity index (χ0) is 15.7. The molecule has 0 atom stereocenters. The maximum atomic E-state index is 13.6. The number of rotatable bonds is 3. The van der Waals surface area contributed by atoms with Crippen molar-refractivity contribution in [3.05, 3.63) is 57.5 Å². The number of amides is 1. The topological polar surface area (TPSA) is 46.4 Å². The summed E-state index contributed by atoms with van der Waals surface area (Å²) in [7, 11) is 0. The third-order valence-corrected chi connectivity index (χ3v) is 4.11. The predicted molar refractivity (Wildman–Crippen MR) is 87.2 cm³/mol. The number of benzene rings is 1. The zero-order valence-electron chi connectivity index (χ0n) is 10.9. The molecule has 2 aromatic heterocycles. The Hall–Kier alpha value is -1.89. The molecule has 2 heterocycles. The molecular weight excluding hydrogens is 348 g/mol. The van der Waals surface area contributed by atoms with Gasteiger partial charge in [0, 0.05) is 22.7 Å². The van der Waals surface area contributed by atoms with Crippen molar-refractivity contribution < 1.29 is 9.18 Å². The van der Waals surface area contributed by atoms with Crippen molar-refractivity contribution in [2.75, 3.05) is 5.32 Å². The molecule has 3 aromatic rings. The van der Waals surface area contributed by atoms with Crippen LogP contribution >= 0.6 is 34.5 Å². The minimum Gasteiger partial charge on any atom is -0.320 e. The Morgan fingerprint density at radius 3 is 3.00 bits per heavy atom. The summed E-state index contributed by atoms with van der Waals surface area (Å²) >= 11 is 13.1. The number of imidazole rings is 1. The monoisotopic (exact) mass is 355 g/mol. The average molecular weight is 356 g/mol. The molecule has 22 heavy (non-hydrogen) atoms. The molecule has 1 N–H and O–H groups in total. The normalized spacial score (nSPS) is 11.4. The fourth-order valence-corrected chi connectivity index (χ4v) is 3.01. The van der Waals surface area contributed by atoms with E-state index in [2.05, 4.69) is 10.3 Å². The Bertz CT molecular complexity index is 887. The molecule has 3 rings (SSSR count). The van der Waals surface area contributed by atoms with Gasteiger partial charge in [-0.15, -0.1) is 11.3 Å². The van der Waals surface area contributed by atoms with E-state index in [1.54, 1.807) is 10.6 Å². The standard InChI is InChI=1S/C14H8Cl2FN3OS/c15-8-1-2-10(9(17)7-8)18-12(21)4-3-11-13(16)19-14-20(11)5-6-22-14/h1-7H,(H,18,21)/b4-3+. The highest BCUT2D eigenvalue weighted by molar-refractivity contribution is 7.15. The molecule has 4 nitrogen and oxygen atoms in total. The Balaban J connectivity index is 1.79. The van der Waals surface area contributed by atoms with E-state index in [1.807, 2.05) is 5.38 Å². The van der Waals surface area contributed by atoms with E-state index < -0.39 is 11.7 Å². The molecule has 0 aliphatic carbocycles. The molecule has 112 valence electrons. The first kappa shape index (κ1) is 15.0. The second-order valence-electron chi connectivity index (χ2n) is 4.29. The lowest BCUT2D eigenvalue weighted by atomic mass is 10.3. The molecule has 0 saturated heterocycles. The predicted octanol–water partition coefficient (Wildman–Crippen LogP) is 4.49. The van der Waals surface area contributed by atoms with Gasteiger partial charge >= 0.3 is 0 Å². The molecule has 0 aliphatic rings. The Morgan fingerprint density at radius 2 is 2.23 bits per heavy atom. The van der Waals surface area contributed by atoms with Gasteiger partial charge in [-0.1, -0.05) is 23.2 Å². The van der Waals surface area contributed by atoms with Crippen LogP contribution < -0.4 is 5.32 Å². The second-order valence-corrected chi connectivity index (χ2v) is 5.96. The van der Waals surface area contributed by atoms with E-state index in [1.165, 1.54) is 35.6 Å². The summed E-state index contributed by atoms with van der Waals surface area (Å²) in [4.78, 5) is 16.7. The quantitative estimate of drug-likeness (QED) is 0.703. The van der Waals surface area contributed by atoms with Crippen LogP contribution in [0.5, 0.6) is 0 Å². The Labute approximate surface area is 138 Å². The molecule has 1 aromatic carbocycles. The van der Waals surface area contributed by atoms with E-state index in [0.29, 0.717) is 10.8 Å². The number of carbonyl (C=O) groups is 1. The summed E-state index contributed by atoms with van der Waals surface area (Å²) in [5.41, 5.74) is 0.642. The van der Waals surface area contributed by atoms with Crippen LogP contribution in [0.15, 0.2) is 35.9 Å². The van der Waals surface area contributed by atoms with Gasteiger partial charge in [0.1, 0.15) is 5.82 Å². The fraction of sp³-hybridized carbons (Fsp3) is 0. The molecule has 0 saturated carbocycles. The second kappa shape index (κ2) is 6.08. The van der Waals surface area contributed by atoms with E-state index in [9.17, 15) is 9.18 Å². The number of hydrogen-bond acceptors (Lipinski definition) is 3. The van der Waals surface area contributed by atoms with Crippen molar-refractivity contribution in [1.82, 2.24) is 9.38 Å². The van der Waals surface area contributed by atoms with E-state index in [-0.39, 0.29) is 10.7 Å². The SMILES string of the molecule is O=C(/C=C/c1c(Cl)nc2sccn12)Nc1ccc(Cl)cc1F. The van der Waals surface area contributed by atoms with E-state index >= 15 is 0 Å². The summed E-state index contributed by atoms with van der Waals surface area (Å²) in [6, 6.07) is 4.02. The lowest BCUT2D eigenvalue weighted by Gasteiger charge is -2.03. The molecular formula is C14H8Cl2FN3OS. The lowest BCUT2D eigenvalue weighted by molar-refractivity contribution is -0.111. The third kappa shape index (κ3) is 2.99. The van der Waals surface area contributed by atoms with E-state index in [0.717, 1.165) is 11.0 Å². The fourth-order valence-electron chi connectivity index (χ4n) is 1.85. The first-order valence-electron chi connectivity index (χ1n) is 6.10. The highest BCUT2D eigenvalue weighted by Gasteiger charge is 2.09. The van der Waals surface area contributed by atoms with Crippen molar-refractivity contribution in [1.29, 1.82) is 0 Å². The van der Waals surface area contributed by atoms with Crippen LogP contribution in [0.25, 0.3) is 11.0 Å². The summed E-state index contributed by atoms with van der Waals surface area (Å²) in [6.07, 6.45) is 4.59. The van der Waals surface area contributed by atoms with Gasteiger partial charge in [-0.2, -0.15) is 0 Å². The highest BCUT2D eigenvalue weighted by Crippen LogP contribution is 2.23. The number of halogens is 3. The van der Waals surface area contributed by atoms with Gasteiger partial charge in [0.2, 0.25) is 5.91 Å². The molecule has 0 fully saturated rings. The van der Waals surface area contributed by atoms with Crippen LogP contribution in [0.3, 0.4) is 0 Å². The molecule has 0 unspecified atom stereocenters. The maximum Gasteiger partial charge on any atom is 0.248 e. The first-order chi connectivity index (χ1) is 10.5. The number of anilines is 1. The molecule has 0 bridgehead atoms. The largest absolute Gasteiger partial charge is 0.320 e. The van der Waals surface area contributed by atoms with Crippen molar-refractivity contribution in [3.8, 4) is 0 Å². The van der Waals surface area contributed by atoms with Crippen LogP contribution in [0.4, 0.5) is 10.1 Å². The zero-order valence-corrected chi connectivity index (χ0v) is 13.2. The molecule has 8 heteroatoms. The highest BCUT2D eigenvalue weighted by atomic mass is 35.5. The van der Waals surface area contributed by atoms with Crippen LogP contribution in [-0.2, 0) is 4.79 Å². The van der Waals surface area contributed by atoms with Gasteiger partial charge in [0.15, 0.2) is 10.1 Å². The van der Waals surface area contributed by atoms with E-state index in [4.69, 9.17) is 23.2 Å². The summed E-state index contributed by atoms with van der Waals surface area (Å²) < 4.78 is 15.4. The van der Waals surface area contributed by atoms with Crippen molar-refractivity contribution in [2.24, 2.45) is 0 Å². The summed E-state index contributed by atoms with van der Waals surface area (Å²) in [5.74, 6) is -1.08. The van der Waals surface area contributed by atoms with Crippen LogP contribution in [0, 0.1) is 5.82 Å². The van der Waals surface area contributed by atoms with Crippen LogP contribution in [-0.4, -0.2) is 15.3 Å². The van der Waals surface area contributed by atoms with Crippen molar-refractivity contribution >= 4 is 57.2 Å². The maximum absolute atomic E-state index is 13.6. The number of aromatic nitrogens is 2. The minimum absolute atomic E-state index is 0.0547. The number of nitrogens with zero attached hydrogens (tertiary/aromatic N) is 2. The molecule has 0 spiro atoms. The van der Waals surface area contributed by atoms with Crippen molar-refractivity contribution in [3.63, 3.8) is 0 Å². The molecule has 0 radical (unpaired) electrons. The minimum atomic E-state index is -0.600. The Kier molecular flexibility index (Phi) is 4.15. The lowest BCUT2D eigenvalue weighted by Crippen LogP contribution is -2.09. The molecule has 1 amide bonds. The van der Waals surface area contributed by atoms with Crippen molar-refractivity contribution in [2.45, 2.75) is 0 Å². The van der Waals surface area contributed by atoms with Gasteiger partial charge in [0.05, 0.1) is 11.4 Å². The van der Waals surface area contributed by atoms with Gasteiger partial charge in [-0.25, -0.2) is 9.37 Å². The number of thiazole rings is 1. The Morgan fingerprint density at radius 1 is 1.41 bits per heavy atom. The number of carbonyl (C=O) groups excluding carboxylic acids is 1. The number of nitrogens with one attached hydrogen (secondary N) is 1. The number of fused-ring (bicyclic) bond motifs is 1. The summed E-state index contributed by atoms with van der Waals surface area (Å²) in [6.45, 7) is 0. The van der Waals surface area contributed by atoms with Gasteiger partial charge in [-0.05, 0) is 24.3 Å². The first-order valence-corrected chi connectivity index (χ1v) is 7.73. The summed E-state index contributed by atoms with van der Waals surface area (Å²) in [5, 5.41) is 4.85. The van der Waals surface area contributed by atoms with Gasteiger partial charge in [0.25, 0.3) is 0 Å². The molecule has 0 aliphatic heterocycles. The van der Waals surface area contributed by atoms with Crippen LogP contribution in [0.2, 0.25) is 10.2 Å². The smallest absolute Gasteiger partial charge is 0.248 e. The van der Waals surface area contributed by atoms with Crippen LogP contribution in [0.1, 0.15) is 5.69 Å². The van der Waals surface area contributed by atoms with Gasteiger partial charge < -0.3 is 5.32 Å². The average Bonchev–Trinajstić information content (AvgIpc) is 3.00. The third-order valence-electron chi connectivity index (χ3n) is 2.84. The number of hydrogen-bond donors (Lipinski definition) is 1.